The SMILES string of the molecule is COCCN1CCN(C(=O)[C@H]2CC(=O)N(c3cc(C)cc(C)c3)C2)CC1. The molecule has 2 heterocycles. The van der Waals surface area contributed by atoms with Gasteiger partial charge in [0.15, 0.2) is 0 Å². The van der Waals surface area contributed by atoms with E-state index < -0.39 is 0 Å². The first-order valence-electron chi connectivity index (χ1n) is 9.36. The van der Waals surface area contributed by atoms with Crippen molar-refractivity contribution in [2.24, 2.45) is 5.92 Å². The highest BCUT2D eigenvalue weighted by Gasteiger charge is 2.38. The van der Waals surface area contributed by atoms with E-state index in [1.807, 2.05) is 30.9 Å². The Morgan fingerprint density at radius 1 is 1.12 bits per heavy atom. The van der Waals surface area contributed by atoms with Crippen LogP contribution >= 0.6 is 0 Å². The zero-order valence-electron chi connectivity index (χ0n) is 16.0. The largest absolute Gasteiger partial charge is 0.383 e. The second-order valence-corrected chi connectivity index (χ2v) is 7.41. The monoisotopic (exact) mass is 359 g/mol. The summed E-state index contributed by atoms with van der Waals surface area (Å²) in [5, 5.41) is 0. The molecule has 0 radical (unpaired) electrons. The molecule has 1 atom stereocenters. The van der Waals surface area contributed by atoms with E-state index in [-0.39, 0.29) is 17.7 Å². The van der Waals surface area contributed by atoms with Gasteiger partial charge in [-0.05, 0) is 37.1 Å². The van der Waals surface area contributed by atoms with E-state index in [2.05, 4.69) is 11.0 Å². The molecule has 0 spiro atoms. The summed E-state index contributed by atoms with van der Waals surface area (Å²) in [7, 11) is 1.71. The van der Waals surface area contributed by atoms with Crippen molar-refractivity contribution in [3.8, 4) is 0 Å². The third kappa shape index (κ3) is 4.24. The van der Waals surface area contributed by atoms with E-state index >= 15 is 0 Å². The second-order valence-electron chi connectivity index (χ2n) is 7.41. The maximum Gasteiger partial charge on any atom is 0.228 e. The van der Waals surface area contributed by atoms with Crippen LogP contribution in [0.4, 0.5) is 5.69 Å². The summed E-state index contributed by atoms with van der Waals surface area (Å²) >= 11 is 0. The van der Waals surface area contributed by atoms with Crippen LogP contribution in [0.1, 0.15) is 17.5 Å². The Labute approximate surface area is 155 Å². The number of hydrogen-bond acceptors (Lipinski definition) is 4. The number of hydrogen-bond donors (Lipinski definition) is 0. The predicted molar refractivity (Wildman–Crippen MR) is 101 cm³/mol. The van der Waals surface area contributed by atoms with Crippen molar-refractivity contribution in [1.82, 2.24) is 9.80 Å². The van der Waals surface area contributed by atoms with Crippen molar-refractivity contribution >= 4 is 17.5 Å². The molecule has 6 nitrogen and oxygen atoms in total. The highest BCUT2D eigenvalue weighted by molar-refractivity contribution is 6.00. The lowest BCUT2D eigenvalue weighted by Crippen LogP contribution is -2.51. The Morgan fingerprint density at radius 2 is 1.77 bits per heavy atom. The molecule has 2 fully saturated rings. The van der Waals surface area contributed by atoms with Gasteiger partial charge in [-0.15, -0.1) is 0 Å². The van der Waals surface area contributed by atoms with Crippen LogP contribution in [0.15, 0.2) is 18.2 Å². The minimum atomic E-state index is -0.228. The molecule has 0 aliphatic carbocycles. The number of aryl methyl sites for hydroxylation is 2. The van der Waals surface area contributed by atoms with Crippen molar-refractivity contribution in [3.63, 3.8) is 0 Å². The van der Waals surface area contributed by atoms with Gasteiger partial charge < -0.3 is 14.5 Å². The lowest BCUT2D eigenvalue weighted by Gasteiger charge is -2.35. The van der Waals surface area contributed by atoms with Crippen molar-refractivity contribution in [2.45, 2.75) is 20.3 Å². The van der Waals surface area contributed by atoms with Crippen LogP contribution in [0.3, 0.4) is 0 Å². The van der Waals surface area contributed by atoms with Gasteiger partial charge in [0, 0.05) is 58.5 Å². The third-order valence-electron chi connectivity index (χ3n) is 5.29. The molecule has 0 saturated carbocycles. The lowest BCUT2D eigenvalue weighted by atomic mass is 10.1. The zero-order chi connectivity index (χ0) is 18.7. The average Bonchev–Trinajstić information content (AvgIpc) is 3.01. The van der Waals surface area contributed by atoms with E-state index in [1.54, 1.807) is 12.0 Å². The summed E-state index contributed by atoms with van der Waals surface area (Å²) in [4.78, 5) is 31.4. The fraction of sp³-hybridized carbons (Fsp3) is 0.600. The molecule has 2 aliphatic rings. The van der Waals surface area contributed by atoms with Gasteiger partial charge >= 0.3 is 0 Å². The summed E-state index contributed by atoms with van der Waals surface area (Å²) in [6, 6.07) is 6.13. The number of carbonyl (C=O) groups excluding carboxylic acids is 2. The van der Waals surface area contributed by atoms with Crippen molar-refractivity contribution < 1.29 is 14.3 Å². The van der Waals surface area contributed by atoms with Crippen molar-refractivity contribution in [2.75, 3.05) is 57.9 Å². The van der Waals surface area contributed by atoms with Crippen LogP contribution < -0.4 is 4.90 Å². The minimum absolute atomic E-state index is 0.0482. The number of piperazine rings is 1. The maximum atomic E-state index is 12.9. The molecule has 1 aromatic rings. The molecule has 0 aromatic heterocycles. The summed E-state index contributed by atoms with van der Waals surface area (Å²) in [6.07, 6.45) is 0.315. The summed E-state index contributed by atoms with van der Waals surface area (Å²) in [6.45, 7) is 9.38. The van der Waals surface area contributed by atoms with Crippen LogP contribution in [-0.4, -0.2) is 74.6 Å². The van der Waals surface area contributed by atoms with E-state index in [0.29, 0.717) is 13.0 Å². The van der Waals surface area contributed by atoms with Crippen LogP contribution in [-0.2, 0) is 14.3 Å². The third-order valence-corrected chi connectivity index (χ3v) is 5.29. The van der Waals surface area contributed by atoms with Crippen LogP contribution in [0.25, 0.3) is 0 Å². The van der Waals surface area contributed by atoms with Gasteiger partial charge in [0.05, 0.1) is 12.5 Å². The fourth-order valence-electron chi connectivity index (χ4n) is 3.90. The topological polar surface area (TPSA) is 53.1 Å². The van der Waals surface area contributed by atoms with Crippen LogP contribution in [0, 0.1) is 19.8 Å². The molecular formula is C20H29N3O3. The van der Waals surface area contributed by atoms with Gasteiger partial charge in [-0.25, -0.2) is 0 Å². The van der Waals surface area contributed by atoms with E-state index in [1.165, 1.54) is 0 Å². The molecule has 2 amide bonds. The molecule has 142 valence electrons. The van der Waals surface area contributed by atoms with Crippen molar-refractivity contribution in [3.05, 3.63) is 29.3 Å². The number of anilines is 1. The van der Waals surface area contributed by atoms with Crippen LogP contribution in [0.2, 0.25) is 0 Å². The molecule has 0 N–H and O–H groups in total. The highest BCUT2D eigenvalue weighted by atomic mass is 16.5. The Balaban J connectivity index is 1.59. The normalized spacial score (nSPS) is 21.5. The van der Waals surface area contributed by atoms with Gasteiger partial charge in [-0.1, -0.05) is 6.07 Å². The average molecular weight is 359 g/mol. The number of nitrogens with zero attached hydrogens (tertiary/aromatic N) is 3. The van der Waals surface area contributed by atoms with Gasteiger partial charge in [0.1, 0.15) is 0 Å². The smallest absolute Gasteiger partial charge is 0.228 e. The summed E-state index contributed by atoms with van der Waals surface area (Å²) in [5.41, 5.74) is 3.18. The molecule has 0 bridgehead atoms. The first-order valence-corrected chi connectivity index (χ1v) is 9.36. The quantitative estimate of drug-likeness (QED) is 0.798. The fourth-order valence-corrected chi connectivity index (χ4v) is 3.90. The van der Waals surface area contributed by atoms with Crippen molar-refractivity contribution in [1.29, 1.82) is 0 Å². The van der Waals surface area contributed by atoms with Gasteiger partial charge in [0.25, 0.3) is 0 Å². The first kappa shape index (κ1) is 18.9. The predicted octanol–water partition coefficient (Wildman–Crippen LogP) is 1.45. The highest BCUT2D eigenvalue weighted by Crippen LogP contribution is 2.28. The summed E-state index contributed by atoms with van der Waals surface area (Å²) in [5.74, 6) is -0.0578. The second kappa shape index (κ2) is 8.18. The number of benzene rings is 1. The van der Waals surface area contributed by atoms with E-state index in [9.17, 15) is 9.59 Å². The van der Waals surface area contributed by atoms with E-state index in [4.69, 9.17) is 4.74 Å². The number of amides is 2. The van der Waals surface area contributed by atoms with E-state index in [0.717, 1.165) is 56.1 Å². The molecule has 2 saturated heterocycles. The standard InChI is InChI=1S/C20H29N3O3/c1-15-10-16(2)12-18(11-15)23-14-17(13-19(23)24)20(25)22-6-4-21(5-7-22)8-9-26-3/h10-12,17H,4-9,13-14H2,1-3H3/t17-/m0/s1. The number of ether oxygens (including phenoxy) is 1. The Kier molecular flexibility index (Phi) is 5.94. The molecule has 1 aromatic carbocycles. The number of rotatable bonds is 5. The van der Waals surface area contributed by atoms with Gasteiger partial charge in [0.2, 0.25) is 11.8 Å². The first-order chi connectivity index (χ1) is 12.5. The molecule has 2 aliphatic heterocycles. The zero-order valence-corrected chi connectivity index (χ0v) is 16.0. The molecule has 0 unspecified atom stereocenters. The van der Waals surface area contributed by atoms with Gasteiger partial charge in [-0.2, -0.15) is 0 Å². The number of carbonyl (C=O) groups is 2. The Hall–Kier alpha value is -1.92. The molecular weight excluding hydrogens is 330 g/mol. The summed E-state index contributed by atoms with van der Waals surface area (Å²) < 4.78 is 5.12. The van der Waals surface area contributed by atoms with Gasteiger partial charge in [-0.3, -0.25) is 14.5 Å². The number of methoxy groups -OCH3 is 1. The molecule has 3 rings (SSSR count). The minimum Gasteiger partial charge on any atom is -0.383 e. The maximum absolute atomic E-state index is 12.9. The lowest BCUT2D eigenvalue weighted by molar-refractivity contribution is -0.137. The Morgan fingerprint density at radius 3 is 2.38 bits per heavy atom. The molecule has 26 heavy (non-hydrogen) atoms. The Bertz CT molecular complexity index is 648. The molecule has 6 heteroatoms. The van der Waals surface area contributed by atoms with Crippen LogP contribution in [0.5, 0.6) is 0 Å².